The SMILES string of the molecule is C=C(/C=C\CNC)C1=C2C3=CC4=C(C=CCC4)C4C=CCC(C34)C2C(/C(=C/CC)CN)C2=C1C=C1C=CCCC1C2. The van der Waals surface area contributed by atoms with Gasteiger partial charge in [-0.3, -0.25) is 0 Å². The van der Waals surface area contributed by atoms with Crippen LogP contribution >= 0.6 is 0 Å². The second-order valence-electron chi connectivity index (χ2n) is 13.0. The van der Waals surface area contributed by atoms with Crippen molar-refractivity contribution in [3.8, 4) is 0 Å². The fraction of sp³-hybridized carbons (Fsp3) is 0.436. The first-order valence-electron chi connectivity index (χ1n) is 16.2. The molecule has 7 rings (SSSR count). The Bertz CT molecular complexity index is 1460. The van der Waals surface area contributed by atoms with Gasteiger partial charge >= 0.3 is 0 Å². The molecule has 1 saturated carbocycles. The van der Waals surface area contributed by atoms with Gasteiger partial charge in [0.05, 0.1) is 0 Å². The molecule has 41 heavy (non-hydrogen) atoms. The number of nitrogens with one attached hydrogen (secondary N) is 1. The van der Waals surface area contributed by atoms with Crippen molar-refractivity contribution in [2.24, 2.45) is 41.2 Å². The first-order chi connectivity index (χ1) is 20.2. The molecule has 3 N–H and O–H groups in total. The molecule has 2 nitrogen and oxygen atoms in total. The third kappa shape index (κ3) is 4.29. The third-order valence-corrected chi connectivity index (χ3v) is 10.9. The maximum absolute atomic E-state index is 6.66. The largest absolute Gasteiger partial charge is 0.327 e. The second-order valence-corrected chi connectivity index (χ2v) is 13.0. The Balaban J connectivity index is 1.51. The van der Waals surface area contributed by atoms with Gasteiger partial charge in [0.25, 0.3) is 0 Å². The molecule has 0 aliphatic heterocycles. The fourth-order valence-electron chi connectivity index (χ4n) is 9.39. The predicted molar refractivity (Wildman–Crippen MR) is 173 cm³/mol. The van der Waals surface area contributed by atoms with Crippen LogP contribution in [0.4, 0.5) is 0 Å². The van der Waals surface area contributed by atoms with E-state index in [1.165, 1.54) is 40.7 Å². The normalized spacial score (nSPS) is 33.4. The smallest absolute Gasteiger partial charge is 0.0143 e. The van der Waals surface area contributed by atoms with Crippen LogP contribution in [0.3, 0.4) is 0 Å². The Morgan fingerprint density at radius 3 is 2.83 bits per heavy atom. The van der Waals surface area contributed by atoms with Gasteiger partial charge in [-0.05, 0) is 120 Å². The molecule has 7 aliphatic rings. The van der Waals surface area contributed by atoms with Gasteiger partial charge in [-0.15, -0.1) is 0 Å². The number of likely N-dealkylation sites (N-methyl/N-ethyl adjacent to an activating group) is 1. The highest BCUT2D eigenvalue weighted by Gasteiger charge is 2.55. The summed E-state index contributed by atoms with van der Waals surface area (Å²) in [5, 5.41) is 3.29. The quantitative estimate of drug-likeness (QED) is 0.252. The van der Waals surface area contributed by atoms with E-state index in [9.17, 15) is 0 Å². The highest BCUT2D eigenvalue weighted by atomic mass is 14.8. The third-order valence-electron chi connectivity index (χ3n) is 10.9. The molecule has 0 aromatic carbocycles. The highest BCUT2D eigenvalue weighted by Crippen LogP contribution is 2.65. The summed E-state index contributed by atoms with van der Waals surface area (Å²) in [7, 11) is 2.01. The van der Waals surface area contributed by atoms with E-state index in [-0.39, 0.29) is 0 Å². The molecule has 0 amide bonds. The minimum absolute atomic E-state index is 0.391. The van der Waals surface area contributed by atoms with Gasteiger partial charge in [-0.2, -0.15) is 0 Å². The fourth-order valence-corrected chi connectivity index (χ4v) is 9.39. The van der Waals surface area contributed by atoms with Gasteiger partial charge in [0.1, 0.15) is 0 Å². The van der Waals surface area contributed by atoms with Crippen LogP contribution in [0, 0.1) is 35.5 Å². The number of nitrogens with two attached hydrogens (primary N) is 1. The summed E-state index contributed by atoms with van der Waals surface area (Å²) < 4.78 is 0. The first kappa shape index (κ1) is 26.9. The van der Waals surface area contributed by atoms with Crippen molar-refractivity contribution in [2.45, 2.75) is 51.9 Å². The van der Waals surface area contributed by atoms with Gasteiger partial charge < -0.3 is 11.1 Å². The molecule has 0 saturated heterocycles. The zero-order valence-corrected chi connectivity index (χ0v) is 25.0. The lowest BCUT2D eigenvalue weighted by molar-refractivity contribution is 0.250. The zero-order chi connectivity index (χ0) is 28.1. The maximum Gasteiger partial charge on any atom is 0.0143 e. The monoisotopic (exact) mass is 542 g/mol. The molecule has 0 aromatic rings. The Morgan fingerprint density at radius 2 is 2.00 bits per heavy atom. The average Bonchev–Trinajstić information content (AvgIpc) is 3.32. The molecule has 212 valence electrons. The summed E-state index contributed by atoms with van der Waals surface area (Å²) in [6.07, 6.45) is 35.0. The lowest BCUT2D eigenvalue weighted by Crippen LogP contribution is -2.36. The van der Waals surface area contributed by atoms with Crippen molar-refractivity contribution in [3.63, 3.8) is 0 Å². The van der Waals surface area contributed by atoms with Crippen molar-refractivity contribution in [2.75, 3.05) is 20.1 Å². The number of rotatable bonds is 7. The molecule has 1 fully saturated rings. The zero-order valence-electron chi connectivity index (χ0n) is 25.0. The molecule has 6 unspecified atom stereocenters. The second kappa shape index (κ2) is 11.0. The Morgan fingerprint density at radius 1 is 1.12 bits per heavy atom. The van der Waals surface area contributed by atoms with Crippen molar-refractivity contribution in [1.29, 1.82) is 0 Å². The van der Waals surface area contributed by atoms with Gasteiger partial charge in [0.2, 0.25) is 0 Å². The molecule has 7 aliphatic carbocycles. The highest BCUT2D eigenvalue weighted by molar-refractivity contribution is 5.72. The van der Waals surface area contributed by atoms with E-state index in [4.69, 9.17) is 12.3 Å². The molecule has 0 aromatic heterocycles. The Hall–Kier alpha value is -2.94. The molecule has 0 bridgehead atoms. The summed E-state index contributed by atoms with van der Waals surface area (Å²) in [5.74, 6) is 3.11. The van der Waals surface area contributed by atoms with Crippen LogP contribution in [-0.2, 0) is 0 Å². The van der Waals surface area contributed by atoms with Gasteiger partial charge in [0.15, 0.2) is 0 Å². The number of hydrogen-bond donors (Lipinski definition) is 2. The van der Waals surface area contributed by atoms with E-state index >= 15 is 0 Å². The molecule has 2 heteroatoms. The average molecular weight is 543 g/mol. The topological polar surface area (TPSA) is 38.0 Å². The summed E-state index contributed by atoms with van der Waals surface area (Å²) in [6.45, 7) is 8.55. The molecule has 0 radical (unpaired) electrons. The maximum atomic E-state index is 6.66. The molecule has 6 atom stereocenters. The first-order valence-corrected chi connectivity index (χ1v) is 16.2. The van der Waals surface area contributed by atoms with E-state index in [2.05, 4.69) is 79.1 Å². The van der Waals surface area contributed by atoms with Crippen LogP contribution in [0.5, 0.6) is 0 Å². The van der Waals surface area contributed by atoms with Crippen molar-refractivity contribution >= 4 is 0 Å². The van der Waals surface area contributed by atoms with Crippen LogP contribution in [-0.4, -0.2) is 20.1 Å². The summed E-state index contributed by atoms with van der Waals surface area (Å²) in [4.78, 5) is 0. The van der Waals surface area contributed by atoms with Crippen LogP contribution in [0.2, 0.25) is 0 Å². The van der Waals surface area contributed by atoms with Crippen molar-refractivity contribution in [3.05, 3.63) is 129 Å². The predicted octanol–water partition coefficient (Wildman–Crippen LogP) is 8.16. The molecule has 0 spiro atoms. The van der Waals surface area contributed by atoms with E-state index in [0.717, 1.165) is 38.6 Å². The lowest BCUT2D eigenvalue weighted by Gasteiger charge is -2.44. The minimum atomic E-state index is 0.391. The van der Waals surface area contributed by atoms with E-state index < -0.39 is 0 Å². The van der Waals surface area contributed by atoms with Gasteiger partial charge in [0, 0.05) is 24.9 Å². The Kier molecular flexibility index (Phi) is 7.25. The number of fused-ring (bicyclic) bond motifs is 5. The Labute approximate surface area is 247 Å². The molecular formula is C39H46N2. The molecular weight excluding hydrogens is 496 g/mol. The van der Waals surface area contributed by atoms with Crippen LogP contribution in [0.15, 0.2) is 129 Å². The number of allylic oxidation sites excluding steroid dienone is 19. The standard InChI is InChI=1S/C39H46N2/c1-4-11-28(23-40)36-33-21-26-14-6-5-13-25(26)20-32(33)35(24(2)12-10-19-41-3)39-34-22-27-15-7-8-16-29(27)30-17-9-18-31(37(30)34)38(36)39/h5,8-13,16-17,20,22,26,30-31,36-38,41H,2,4,6-7,14-15,18-19,21,23,40H2,1,3H3/b12-10-,28-11+. The van der Waals surface area contributed by atoms with E-state index in [0.29, 0.717) is 42.1 Å². The molecule has 0 heterocycles. The van der Waals surface area contributed by atoms with Gasteiger partial charge in [-0.25, -0.2) is 0 Å². The lowest BCUT2D eigenvalue weighted by atomic mass is 9.60. The summed E-state index contributed by atoms with van der Waals surface area (Å²) in [5.41, 5.74) is 21.7. The number of hydrogen-bond acceptors (Lipinski definition) is 2. The van der Waals surface area contributed by atoms with E-state index in [1.807, 2.05) is 7.05 Å². The van der Waals surface area contributed by atoms with Crippen LogP contribution in [0.25, 0.3) is 0 Å². The minimum Gasteiger partial charge on any atom is -0.327 e. The van der Waals surface area contributed by atoms with Crippen molar-refractivity contribution < 1.29 is 0 Å². The summed E-state index contributed by atoms with van der Waals surface area (Å²) in [6, 6.07) is 0. The van der Waals surface area contributed by atoms with Gasteiger partial charge in [-0.1, -0.05) is 91.5 Å². The summed E-state index contributed by atoms with van der Waals surface area (Å²) >= 11 is 0. The van der Waals surface area contributed by atoms with E-state index in [1.54, 1.807) is 27.9 Å². The van der Waals surface area contributed by atoms with Crippen LogP contribution < -0.4 is 11.1 Å². The van der Waals surface area contributed by atoms with Crippen molar-refractivity contribution in [1.82, 2.24) is 5.32 Å². The van der Waals surface area contributed by atoms with Crippen LogP contribution in [0.1, 0.15) is 51.9 Å².